The maximum absolute atomic E-state index is 13.4. The molecular weight excluding hydrogens is 224 g/mol. The van der Waals surface area contributed by atoms with Gasteiger partial charge in [-0.15, -0.1) is 0 Å². The Kier molecular flexibility index (Phi) is 5.35. The van der Waals surface area contributed by atoms with Gasteiger partial charge in [-0.3, -0.25) is 0 Å². The summed E-state index contributed by atoms with van der Waals surface area (Å²) in [6, 6.07) is 3.70. The van der Waals surface area contributed by atoms with Gasteiger partial charge < -0.3 is 10.1 Å². The highest BCUT2D eigenvalue weighted by Gasteiger charge is 2.12. The van der Waals surface area contributed by atoms with E-state index in [1.54, 1.807) is 0 Å². The summed E-state index contributed by atoms with van der Waals surface area (Å²) in [7, 11) is 0. The topological polar surface area (TPSA) is 21.3 Å². The van der Waals surface area contributed by atoms with Gasteiger partial charge in [-0.2, -0.15) is 0 Å². The normalized spacial score (nSPS) is 12.8. The third kappa shape index (κ3) is 4.69. The van der Waals surface area contributed by atoms with Crippen molar-refractivity contribution in [3.05, 3.63) is 29.8 Å². The van der Waals surface area contributed by atoms with Crippen molar-refractivity contribution in [2.24, 2.45) is 0 Å². The van der Waals surface area contributed by atoms with E-state index in [0.29, 0.717) is 12.6 Å². The Bertz CT molecular complexity index is 355. The number of ether oxygens (including phenoxy) is 1. The molecule has 0 saturated heterocycles. The highest BCUT2D eigenvalue weighted by Crippen LogP contribution is 2.19. The second-order valence-corrected chi connectivity index (χ2v) is 4.29. The van der Waals surface area contributed by atoms with Gasteiger partial charge in [-0.25, -0.2) is 8.78 Å². The molecule has 2 nitrogen and oxygen atoms in total. The minimum Gasteiger partial charge on any atom is -0.486 e. The molecule has 0 amide bonds. The van der Waals surface area contributed by atoms with E-state index in [2.05, 4.69) is 5.32 Å². The fourth-order valence-electron chi connectivity index (χ4n) is 1.39. The van der Waals surface area contributed by atoms with Gasteiger partial charge in [0.1, 0.15) is 11.9 Å². The summed E-state index contributed by atoms with van der Waals surface area (Å²) in [5.41, 5.74) is 0. The Balaban J connectivity index is 2.60. The summed E-state index contributed by atoms with van der Waals surface area (Å²) >= 11 is 0. The monoisotopic (exact) mass is 243 g/mol. The van der Waals surface area contributed by atoms with E-state index in [9.17, 15) is 8.78 Å². The van der Waals surface area contributed by atoms with E-state index in [4.69, 9.17) is 4.74 Å². The molecule has 0 radical (unpaired) electrons. The third-order valence-electron chi connectivity index (χ3n) is 2.40. The van der Waals surface area contributed by atoms with Crippen LogP contribution in [0, 0.1) is 11.6 Å². The number of hydrogen-bond acceptors (Lipinski definition) is 2. The highest BCUT2D eigenvalue weighted by molar-refractivity contribution is 5.24. The summed E-state index contributed by atoms with van der Waals surface area (Å²) in [5.74, 6) is -1.15. The van der Waals surface area contributed by atoms with Gasteiger partial charge >= 0.3 is 0 Å². The zero-order valence-corrected chi connectivity index (χ0v) is 10.5. The number of rotatable bonds is 6. The summed E-state index contributed by atoms with van der Waals surface area (Å²) in [6.07, 6.45) is 0.647. The predicted molar refractivity (Wildman–Crippen MR) is 64.2 cm³/mol. The second-order valence-electron chi connectivity index (χ2n) is 4.29. The lowest BCUT2D eigenvalue weighted by atomic mass is 10.2. The van der Waals surface area contributed by atoms with Gasteiger partial charge in [0.2, 0.25) is 0 Å². The van der Waals surface area contributed by atoms with Crippen LogP contribution in [0.4, 0.5) is 8.78 Å². The zero-order chi connectivity index (χ0) is 12.8. The van der Waals surface area contributed by atoms with Crippen LogP contribution in [-0.4, -0.2) is 18.7 Å². The number of benzene rings is 1. The Hall–Kier alpha value is -1.16. The van der Waals surface area contributed by atoms with Crippen molar-refractivity contribution in [1.82, 2.24) is 5.32 Å². The summed E-state index contributed by atoms with van der Waals surface area (Å²) in [4.78, 5) is 0. The van der Waals surface area contributed by atoms with Gasteiger partial charge in [0, 0.05) is 18.7 Å². The van der Waals surface area contributed by atoms with Crippen molar-refractivity contribution in [3.8, 4) is 5.75 Å². The van der Waals surface area contributed by atoms with Gasteiger partial charge in [-0.05, 0) is 18.6 Å². The fraction of sp³-hybridized carbons (Fsp3) is 0.538. The van der Waals surface area contributed by atoms with Crippen LogP contribution in [0.25, 0.3) is 0 Å². The van der Waals surface area contributed by atoms with Crippen molar-refractivity contribution < 1.29 is 13.5 Å². The molecule has 0 saturated carbocycles. The van der Waals surface area contributed by atoms with Crippen LogP contribution in [0.15, 0.2) is 18.2 Å². The Labute approximate surface area is 101 Å². The molecule has 0 aromatic heterocycles. The van der Waals surface area contributed by atoms with Gasteiger partial charge in [0.15, 0.2) is 11.6 Å². The third-order valence-corrected chi connectivity index (χ3v) is 2.40. The SMILES string of the molecule is CCC(CNC(C)C)Oc1ccc(F)cc1F. The molecule has 0 fully saturated rings. The molecule has 0 bridgehead atoms. The standard InChI is InChI=1S/C13H19F2NO/c1-4-11(8-16-9(2)3)17-13-6-5-10(14)7-12(13)15/h5-7,9,11,16H,4,8H2,1-3H3. The fourth-order valence-corrected chi connectivity index (χ4v) is 1.39. The van der Waals surface area contributed by atoms with Crippen LogP contribution in [-0.2, 0) is 0 Å². The lowest BCUT2D eigenvalue weighted by molar-refractivity contribution is 0.182. The second kappa shape index (κ2) is 6.55. The molecule has 4 heteroatoms. The van der Waals surface area contributed by atoms with E-state index in [1.807, 2.05) is 20.8 Å². The van der Waals surface area contributed by atoms with Crippen LogP contribution in [0.1, 0.15) is 27.2 Å². The van der Waals surface area contributed by atoms with Gasteiger partial charge in [0.25, 0.3) is 0 Å². The van der Waals surface area contributed by atoms with Gasteiger partial charge in [0.05, 0.1) is 0 Å². The largest absolute Gasteiger partial charge is 0.486 e. The van der Waals surface area contributed by atoms with Crippen LogP contribution < -0.4 is 10.1 Å². The molecule has 0 spiro atoms. The molecule has 1 N–H and O–H groups in total. The number of nitrogens with one attached hydrogen (secondary N) is 1. The average Bonchev–Trinajstić information content (AvgIpc) is 2.26. The van der Waals surface area contributed by atoms with Crippen molar-refractivity contribution in [1.29, 1.82) is 0 Å². The molecule has 0 aliphatic rings. The summed E-state index contributed by atoms with van der Waals surface area (Å²) in [6.45, 7) is 6.68. The molecule has 1 aromatic carbocycles. The minimum atomic E-state index is -0.659. The molecule has 96 valence electrons. The average molecular weight is 243 g/mol. The Morgan fingerprint density at radius 3 is 2.53 bits per heavy atom. The van der Waals surface area contributed by atoms with E-state index in [1.165, 1.54) is 12.1 Å². The Morgan fingerprint density at radius 1 is 1.29 bits per heavy atom. The lowest BCUT2D eigenvalue weighted by Crippen LogP contribution is -2.35. The molecule has 17 heavy (non-hydrogen) atoms. The van der Waals surface area contributed by atoms with Crippen LogP contribution in [0.5, 0.6) is 5.75 Å². The first-order valence-electron chi connectivity index (χ1n) is 5.88. The van der Waals surface area contributed by atoms with Crippen molar-refractivity contribution in [2.75, 3.05) is 6.54 Å². The van der Waals surface area contributed by atoms with E-state index >= 15 is 0 Å². The highest BCUT2D eigenvalue weighted by atomic mass is 19.1. The van der Waals surface area contributed by atoms with Crippen LogP contribution in [0.2, 0.25) is 0 Å². The molecule has 0 heterocycles. The van der Waals surface area contributed by atoms with Crippen molar-refractivity contribution in [2.45, 2.75) is 39.3 Å². The predicted octanol–water partition coefficient (Wildman–Crippen LogP) is 3.12. The molecular formula is C13H19F2NO. The molecule has 1 aromatic rings. The molecule has 1 rings (SSSR count). The molecule has 0 aliphatic carbocycles. The molecule has 1 unspecified atom stereocenters. The lowest BCUT2D eigenvalue weighted by Gasteiger charge is -2.19. The molecule has 1 atom stereocenters. The summed E-state index contributed by atoms with van der Waals surface area (Å²) < 4.78 is 31.6. The zero-order valence-electron chi connectivity index (χ0n) is 10.5. The first kappa shape index (κ1) is 13.9. The molecule has 0 aliphatic heterocycles. The van der Waals surface area contributed by atoms with E-state index in [0.717, 1.165) is 12.5 Å². The number of hydrogen-bond donors (Lipinski definition) is 1. The summed E-state index contributed by atoms with van der Waals surface area (Å²) in [5, 5.41) is 3.23. The van der Waals surface area contributed by atoms with E-state index in [-0.39, 0.29) is 11.9 Å². The first-order valence-corrected chi connectivity index (χ1v) is 5.88. The van der Waals surface area contributed by atoms with Crippen molar-refractivity contribution in [3.63, 3.8) is 0 Å². The first-order chi connectivity index (χ1) is 8.02. The van der Waals surface area contributed by atoms with E-state index < -0.39 is 11.6 Å². The van der Waals surface area contributed by atoms with Gasteiger partial charge in [-0.1, -0.05) is 20.8 Å². The smallest absolute Gasteiger partial charge is 0.167 e. The number of halogens is 2. The van der Waals surface area contributed by atoms with Crippen LogP contribution in [0.3, 0.4) is 0 Å². The maximum atomic E-state index is 13.4. The Morgan fingerprint density at radius 2 is 2.00 bits per heavy atom. The minimum absolute atomic E-state index is 0.101. The van der Waals surface area contributed by atoms with Crippen LogP contribution >= 0.6 is 0 Å². The quantitative estimate of drug-likeness (QED) is 0.828. The maximum Gasteiger partial charge on any atom is 0.167 e. The van der Waals surface area contributed by atoms with Crippen molar-refractivity contribution >= 4 is 0 Å².